The molecule has 0 radical (unpaired) electrons. The van der Waals surface area contributed by atoms with Gasteiger partial charge < -0.3 is 167 Å². The van der Waals surface area contributed by atoms with E-state index < -0.39 is 92.3 Å². The van der Waals surface area contributed by atoms with Gasteiger partial charge in [-0.3, -0.25) is 0 Å². The van der Waals surface area contributed by atoms with Crippen molar-refractivity contribution in [2.45, 2.75) is 0 Å². The van der Waals surface area contributed by atoms with Crippen molar-refractivity contribution in [3.05, 3.63) is 0 Å². The first-order chi connectivity index (χ1) is 26.0. The smallest absolute Gasteiger partial charge is 1.00 e. The molecule has 0 aromatic rings. The normalized spacial score (nSPS) is 5.14. The molecular weight excluding hydrogens is 1290 g/mol. The van der Waals surface area contributed by atoms with Crippen LogP contribution in [0, 0.1) is 0 Å². The maximum atomic E-state index is 8.56. The van der Waals surface area contributed by atoms with Gasteiger partial charge in [0, 0.05) is 0 Å². The fraction of sp³-hybridized carbons (Fsp3) is 0. The first-order valence-electron chi connectivity index (χ1n) is 9.77. The SMILES string of the molecule is O=C(O)O.O=C(O)O.O=C(O)O.O=C(O)O.O=C(O)O.O=C(O)O.O=C(O)O.O=C(O)O.O=C(O)O.O=C(O)O.O=C(O)O.O=C(O)O.O=C(O)O.O=C(O)O.O=C(O)O.[H-].[H-].[H-].[H-].[H-].[H-].[H-].[H-].[H-].[H-].[K+].[K+].[K+].[K+].[K+].[K+].[K+].[K+].[K+].[K+]. The van der Waals surface area contributed by atoms with Gasteiger partial charge in [0.05, 0.1) is 0 Å². The van der Waals surface area contributed by atoms with Gasteiger partial charge in [0.15, 0.2) is 0 Å². The molecule has 380 valence electrons. The second-order valence-electron chi connectivity index (χ2n) is 4.24. The summed E-state index contributed by atoms with van der Waals surface area (Å²) < 4.78 is 0. The Kier molecular flexibility index (Phi) is 370. The van der Waals surface area contributed by atoms with Crippen molar-refractivity contribution in [2.24, 2.45) is 0 Å². The summed E-state index contributed by atoms with van der Waals surface area (Å²) in [7, 11) is 0. The minimum absolute atomic E-state index is 0. The molecule has 0 aliphatic rings. The minimum Gasteiger partial charge on any atom is -1.00 e. The van der Waals surface area contributed by atoms with Crippen LogP contribution in [0.5, 0.6) is 0 Å². The van der Waals surface area contributed by atoms with Gasteiger partial charge in [0.25, 0.3) is 0 Å². The van der Waals surface area contributed by atoms with Gasteiger partial charge >= 0.3 is 606 Å². The molecule has 0 saturated carbocycles. The molecular formula is C15H40K10O45. The maximum absolute atomic E-state index is 8.56. The van der Waals surface area contributed by atoms with Crippen molar-refractivity contribution in [1.29, 1.82) is 0 Å². The Bertz CT molecular complexity index is 830. The van der Waals surface area contributed by atoms with E-state index in [-0.39, 0.29) is 528 Å². The summed E-state index contributed by atoms with van der Waals surface area (Å²) in [5.74, 6) is 0. The minimum atomic E-state index is -1.83. The van der Waals surface area contributed by atoms with E-state index >= 15 is 0 Å². The zero-order valence-corrected chi connectivity index (χ0v) is 68.3. The third-order valence-electron chi connectivity index (χ3n) is 0. The van der Waals surface area contributed by atoms with E-state index in [1.165, 1.54) is 0 Å². The van der Waals surface area contributed by atoms with Crippen molar-refractivity contribution >= 4 is 92.3 Å². The Morgan fingerprint density at radius 2 is 0.114 bits per heavy atom. The molecule has 0 saturated heterocycles. The van der Waals surface area contributed by atoms with Crippen LogP contribution in [0.3, 0.4) is 0 Å². The molecule has 55 heteroatoms. The van der Waals surface area contributed by atoms with E-state index in [1.807, 2.05) is 0 Å². The topological polar surface area (TPSA) is 863 Å². The molecule has 0 aromatic heterocycles. The molecule has 0 fully saturated rings. The molecule has 0 aliphatic heterocycles. The standard InChI is InChI=1S/15CH2O3.10K.10H/c15*2-1(3)4;;;;;;;;;;;;;;;;;;;;/h15*(H2,2,3,4);;;;;;;;;;;;;;;;;;;;/q;;;;;;;;;;;;;;;10*+1;10*-1. The molecule has 0 unspecified atom stereocenters. The Balaban J connectivity index is -0.00000000807. The van der Waals surface area contributed by atoms with E-state index in [1.54, 1.807) is 0 Å². The van der Waals surface area contributed by atoms with Crippen LogP contribution in [0.2, 0.25) is 0 Å². The molecule has 0 heterocycles. The van der Waals surface area contributed by atoms with Crippen molar-refractivity contribution < 1.29 is 753 Å². The summed E-state index contributed by atoms with van der Waals surface area (Å²) in [6, 6.07) is 0. The van der Waals surface area contributed by atoms with E-state index in [2.05, 4.69) is 0 Å². The predicted molar refractivity (Wildman–Crippen MR) is 171 cm³/mol. The summed E-state index contributed by atoms with van der Waals surface area (Å²) in [4.78, 5) is 128. The van der Waals surface area contributed by atoms with Crippen LogP contribution < -0.4 is 514 Å². The van der Waals surface area contributed by atoms with Crippen LogP contribution in [-0.2, 0) is 0 Å². The number of rotatable bonds is 0. The van der Waals surface area contributed by atoms with E-state index in [9.17, 15) is 0 Å². The first-order valence-corrected chi connectivity index (χ1v) is 9.77. The van der Waals surface area contributed by atoms with Gasteiger partial charge in [0.2, 0.25) is 0 Å². The quantitative estimate of drug-likeness (QED) is 0.100. The van der Waals surface area contributed by atoms with Gasteiger partial charge in [-0.1, -0.05) is 0 Å². The Morgan fingerprint density at radius 3 is 0.114 bits per heavy atom. The molecule has 0 bridgehead atoms. The monoisotopic (exact) mass is 1330 g/mol. The van der Waals surface area contributed by atoms with Gasteiger partial charge in [-0.2, -0.15) is 0 Å². The third-order valence-corrected chi connectivity index (χ3v) is 0. The van der Waals surface area contributed by atoms with Crippen molar-refractivity contribution in [3.63, 3.8) is 0 Å². The second kappa shape index (κ2) is 158. The van der Waals surface area contributed by atoms with Crippen LogP contribution in [-0.4, -0.2) is 246 Å². The van der Waals surface area contributed by atoms with Gasteiger partial charge in [-0.25, -0.2) is 71.9 Å². The van der Waals surface area contributed by atoms with Crippen LogP contribution in [0.15, 0.2) is 0 Å². The Labute approximate surface area is 822 Å². The molecule has 70 heavy (non-hydrogen) atoms. The maximum Gasteiger partial charge on any atom is 1.00 e. The zero-order valence-electron chi connectivity index (χ0n) is 47.0. The van der Waals surface area contributed by atoms with Gasteiger partial charge in [-0.05, 0) is 0 Å². The molecule has 30 N–H and O–H groups in total. The fourth-order valence-electron chi connectivity index (χ4n) is 0. The van der Waals surface area contributed by atoms with Crippen LogP contribution >= 0.6 is 0 Å². The molecule has 0 spiro atoms. The number of carbonyl (C=O) groups is 15. The molecule has 0 aliphatic carbocycles. The van der Waals surface area contributed by atoms with Crippen molar-refractivity contribution in [3.8, 4) is 0 Å². The predicted octanol–water partition coefficient (Wildman–Crippen LogP) is -25.5. The van der Waals surface area contributed by atoms with Crippen LogP contribution in [0.25, 0.3) is 0 Å². The van der Waals surface area contributed by atoms with Crippen LogP contribution in [0.1, 0.15) is 14.3 Å². The molecule has 45 nitrogen and oxygen atoms in total. The number of hydrogen-bond acceptors (Lipinski definition) is 15. The molecule has 0 atom stereocenters. The van der Waals surface area contributed by atoms with Gasteiger partial charge in [-0.15, -0.1) is 0 Å². The van der Waals surface area contributed by atoms with E-state index in [0.29, 0.717) is 0 Å². The average molecular weight is 1330 g/mol. The summed E-state index contributed by atoms with van der Waals surface area (Å²) in [6.45, 7) is 0. The average Bonchev–Trinajstić information content (AvgIpc) is 2.78. The third kappa shape index (κ3) is 13100. The number of hydrogen-bond donors (Lipinski definition) is 30. The molecule has 0 rings (SSSR count). The summed E-state index contributed by atoms with van der Waals surface area (Å²) in [5.41, 5.74) is 0. The summed E-state index contributed by atoms with van der Waals surface area (Å²) >= 11 is 0. The first kappa shape index (κ1) is 164. The number of carboxylic acid groups (broad SMARTS) is 30. The Hall–Kier alpha value is 5.41. The summed E-state index contributed by atoms with van der Waals surface area (Å²) in [5, 5.41) is 209. The Morgan fingerprint density at radius 1 is 0.114 bits per heavy atom. The second-order valence-corrected chi connectivity index (χ2v) is 4.24. The van der Waals surface area contributed by atoms with Gasteiger partial charge in [0.1, 0.15) is 0 Å². The summed E-state index contributed by atoms with van der Waals surface area (Å²) in [6.07, 6.45) is -27.5. The fourth-order valence-corrected chi connectivity index (χ4v) is 0. The largest absolute Gasteiger partial charge is 1.00 e. The zero-order chi connectivity index (χ0) is 53.7. The van der Waals surface area contributed by atoms with E-state index in [0.717, 1.165) is 0 Å². The van der Waals surface area contributed by atoms with E-state index in [4.69, 9.17) is 225 Å². The van der Waals surface area contributed by atoms with Crippen molar-refractivity contribution in [2.75, 3.05) is 0 Å². The molecule has 0 aromatic carbocycles. The van der Waals surface area contributed by atoms with Crippen LogP contribution in [0.4, 0.5) is 71.9 Å². The van der Waals surface area contributed by atoms with Crippen molar-refractivity contribution in [1.82, 2.24) is 0 Å². The molecule has 0 amide bonds.